The Hall–Kier alpha value is -3.04. The number of halogens is 2. The minimum absolute atomic E-state index is 0.0808. The summed E-state index contributed by atoms with van der Waals surface area (Å²) in [5, 5.41) is 31.1. The second kappa shape index (κ2) is 4.23. The van der Waals surface area contributed by atoms with Gasteiger partial charge in [-0.05, 0) is 21.8 Å². The summed E-state index contributed by atoms with van der Waals surface area (Å²) in [6.45, 7) is 0. The van der Waals surface area contributed by atoms with Crippen molar-refractivity contribution in [2.45, 2.75) is 12.8 Å². The van der Waals surface area contributed by atoms with Crippen LogP contribution < -0.4 is 9.75 Å². The highest BCUT2D eigenvalue weighted by Gasteiger charge is 2.39. The van der Waals surface area contributed by atoms with Gasteiger partial charge in [-0.25, -0.2) is 8.78 Å². The molecule has 0 fully saturated rings. The van der Waals surface area contributed by atoms with Gasteiger partial charge in [0, 0.05) is 12.8 Å². The maximum atomic E-state index is 13.8. The molecule has 1 aliphatic rings. The lowest BCUT2D eigenvalue weighted by atomic mass is 10.0. The van der Waals surface area contributed by atoms with E-state index in [9.17, 15) is 19.2 Å². The van der Waals surface area contributed by atoms with Crippen molar-refractivity contribution in [3.8, 4) is 17.1 Å². The van der Waals surface area contributed by atoms with Gasteiger partial charge >= 0.3 is 11.4 Å². The third-order valence-electron chi connectivity index (χ3n) is 3.53. The molecule has 0 N–H and O–H groups in total. The predicted molar refractivity (Wildman–Crippen MR) is 64.3 cm³/mol. The number of benzene rings is 1. The number of nitrogens with zero attached hydrogens (tertiary/aromatic N) is 5. The molecule has 10 heteroatoms. The van der Waals surface area contributed by atoms with Crippen LogP contribution in [0.15, 0.2) is 22.8 Å². The Morgan fingerprint density at radius 2 is 1.77 bits per heavy atom. The van der Waals surface area contributed by atoms with E-state index >= 15 is 0 Å². The monoisotopic (exact) mass is 307 g/mol. The SMILES string of the molecule is [O-][n+]1onc2c1CCc1c-2nn(-c2c(F)cccc2F)[n+]1[O-]. The summed E-state index contributed by atoms with van der Waals surface area (Å²) in [4.78, 5) is 1.11. The highest BCUT2D eigenvalue weighted by Crippen LogP contribution is 2.27. The second-order valence-corrected chi connectivity index (χ2v) is 4.75. The number of para-hydroxylation sites is 1. The van der Waals surface area contributed by atoms with Crippen LogP contribution in [0.4, 0.5) is 8.78 Å². The zero-order valence-electron chi connectivity index (χ0n) is 10.9. The molecule has 0 spiro atoms. The van der Waals surface area contributed by atoms with E-state index in [1.54, 1.807) is 0 Å². The third-order valence-corrected chi connectivity index (χ3v) is 3.53. The number of fused-ring (bicyclic) bond motifs is 3. The fourth-order valence-corrected chi connectivity index (χ4v) is 2.51. The van der Waals surface area contributed by atoms with Crippen LogP contribution in [0.5, 0.6) is 0 Å². The van der Waals surface area contributed by atoms with Gasteiger partial charge in [0.25, 0.3) is 0 Å². The third kappa shape index (κ3) is 1.54. The van der Waals surface area contributed by atoms with E-state index in [0.29, 0.717) is 9.64 Å². The van der Waals surface area contributed by atoms with Gasteiger partial charge in [0.05, 0.1) is 10.3 Å². The quantitative estimate of drug-likeness (QED) is 0.471. The molecular weight excluding hydrogens is 300 g/mol. The standard InChI is InChI=1S/C12H7F2N5O3/c13-6-2-1-3-7(14)12(6)17-15-10-8(18(17)20)4-5-9-11(10)16-22-19(9)21/h1-3H,4-5H2. The van der Waals surface area contributed by atoms with Crippen LogP contribution in [0.1, 0.15) is 11.4 Å². The van der Waals surface area contributed by atoms with E-state index < -0.39 is 17.3 Å². The van der Waals surface area contributed by atoms with E-state index in [1.165, 1.54) is 6.07 Å². The van der Waals surface area contributed by atoms with Gasteiger partial charge in [0.1, 0.15) is 0 Å². The molecule has 0 radical (unpaired) electrons. The Morgan fingerprint density at radius 3 is 2.50 bits per heavy atom. The smallest absolute Gasteiger partial charge is 0.303 e. The van der Waals surface area contributed by atoms with Crippen molar-refractivity contribution < 1.29 is 23.2 Å². The van der Waals surface area contributed by atoms with Gasteiger partial charge in [-0.3, -0.25) is 4.63 Å². The van der Waals surface area contributed by atoms with Crippen LogP contribution in [-0.4, -0.2) is 15.1 Å². The average molecular weight is 307 g/mol. The van der Waals surface area contributed by atoms with Gasteiger partial charge in [0.2, 0.25) is 5.69 Å². The fourth-order valence-electron chi connectivity index (χ4n) is 2.51. The highest BCUT2D eigenvalue weighted by molar-refractivity contribution is 5.59. The van der Waals surface area contributed by atoms with E-state index in [1.807, 2.05) is 0 Å². The lowest BCUT2D eigenvalue weighted by Gasteiger charge is -2.08. The lowest BCUT2D eigenvalue weighted by Crippen LogP contribution is -2.42. The van der Waals surface area contributed by atoms with E-state index in [4.69, 9.17) is 0 Å². The van der Waals surface area contributed by atoms with Gasteiger partial charge in [0.15, 0.2) is 23.0 Å². The zero-order valence-corrected chi connectivity index (χ0v) is 10.9. The Balaban J connectivity index is 1.98. The molecule has 2 aromatic heterocycles. The van der Waals surface area contributed by atoms with E-state index in [2.05, 4.69) is 14.9 Å². The molecular formula is C12H7F2N5O3. The molecule has 22 heavy (non-hydrogen) atoms. The van der Waals surface area contributed by atoms with E-state index in [-0.39, 0.29) is 40.5 Å². The van der Waals surface area contributed by atoms with Crippen molar-refractivity contribution in [3.05, 3.63) is 51.6 Å². The topological polar surface area (TPSA) is 97.7 Å². The molecule has 0 atom stereocenters. The van der Waals surface area contributed by atoms with Crippen molar-refractivity contribution in [1.82, 2.24) is 15.1 Å². The Kier molecular flexibility index (Phi) is 2.44. The summed E-state index contributed by atoms with van der Waals surface area (Å²) < 4.78 is 32.2. The van der Waals surface area contributed by atoms with Gasteiger partial charge in [-0.15, -0.1) is 4.85 Å². The van der Waals surface area contributed by atoms with Crippen molar-refractivity contribution in [3.63, 3.8) is 0 Å². The summed E-state index contributed by atoms with van der Waals surface area (Å²) in [5.41, 5.74) is -0.00338. The molecule has 1 aromatic carbocycles. The first-order chi connectivity index (χ1) is 10.6. The molecule has 4 rings (SSSR count). The molecule has 112 valence electrons. The Bertz CT molecular complexity index is 884. The van der Waals surface area contributed by atoms with Gasteiger partial charge in [-0.2, -0.15) is 0 Å². The maximum Gasteiger partial charge on any atom is 0.303 e. The van der Waals surface area contributed by atoms with Gasteiger partial charge < -0.3 is 10.4 Å². The molecule has 0 unspecified atom stereocenters. The van der Waals surface area contributed by atoms with E-state index in [0.717, 1.165) is 12.1 Å². The largest absolute Gasteiger partial charge is 0.692 e. The second-order valence-electron chi connectivity index (χ2n) is 4.75. The minimum atomic E-state index is -0.927. The predicted octanol–water partition coefficient (Wildman–Crippen LogP) is 0.171. The van der Waals surface area contributed by atoms with Crippen molar-refractivity contribution >= 4 is 0 Å². The van der Waals surface area contributed by atoms with Crippen molar-refractivity contribution in [1.29, 1.82) is 0 Å². The lowest BCUT2D eigenvalue weighted by molar-refractivity contribution is -0.808. The van der Waals surface area contributed by atoms with Gasteiger partial charge in [-0.1, -0.05) is 6.07 Å². The summed E-state index contributed by atoms with van der Waals surface area (Å²) in [5.74, 6) is -1.85. The normalized spacial score (nSPS) is 13.0. The van der Waals surface area contributed by atoms with Crippen LogP contribution in [0.25, 0.3) is 17.1 Å². The Labute approximate surface area is 120 Å². The summed E-state index contributed by atoms with van der Waals surface area (Å²) >= 11 is 0. The zero-order chi connectivity index (χ0) is 15.4. The molecule has 0 bridgehead atoms. The molecule has 2 heterocycles. The van der Waals surface area contributed by atoms with Crippen molar-refractivity contribution in [2.75, 3.05) is 0 Å². The van der Waals surface area contributed by atoms with Crippen LogP contribution in [0.3, 0.4) is 0 Å². The average Bonchev–Trinajstić information content (AvgIpc) is 3.01. The summed E-state index contributed by atoms with van der Waals surface area (Å²) in [7, 11) is 0. The summed E-state index contributed by atoms with van der Waals surface area (Å²) in [6, 6.07) is 3.22. The van der Waals surface area contributed by atoms with Crippen LogP contribution in [0, 0.1) is 22.0 Å². The number of hydrogen-bond donors (Lipinski definition) is 0. The minimum Gasteiger partial charge on any atom is -0.692 e. The first-order valence-electron chi connectivity index (χ1n) is 6.33. The van der Waals surface area contributed by atoms with Crippen LogP contribution in [0.2, 0.25) is 0 Å². The van der Waals surface area contributed by atoms with Crippen LogP contribution in [-0.2, 0) is 12.8 Å². The Morgan fingerprint density at radius 1 is 1.09 bits per heavy atom. The number of aromatic nitrogens is 5. The molecule has 1 aliphatic carbocycles. The molecule has 8 nitrogen and oxygen atoms in total. The highest BCUT2D eigenvalue weighted by atomic mass is 19.1. The number of rotatable bonds is 1. The maximum absolute atomic E-state index is 13.8. The van der Waals surface area contributed by atoms with Crippen molar-refractivity contribution in [2.24, 2.45) is 0 Å². The molecule has 0 amide bonds. The number of hydrogen-bond acceptors (Lipinski definition) is 5. The molecule has 0 saturated carbocycles. The molecule has 3 aromatic rings. The first kappa shape index (κ1) is 12.7. The molecule has 0 saturated heterocycles. The molecule has 0 aliphatic heterocycles. The summed E-state index contributed by atoms with van der Waals surface area (Å²) in [6.07, 6.45) is 0.411. The first-order valence-corrected chi connectivity index (χ1v) is 6.33. The van der Waals surface area contributed by atoms with Crippen LogP contribution >= 0.6 is 0 Å². The fraction of sp³-hybridized carbons (Fsp3) is 0.167.